The third-order valence-corrected chi connectivity index (χ3v) is 4.11. The first-order chi connectivity index (χ1) is 10.1. The van der Waals surface area contributed by atoms with E-state index in [1.807, 2.05) is 0 Å². The lowest BCUT2D eigenvalue weighted by Gasteiger charge is -2.37. The molecule has 0 aliphatic heterocycles. The summed E-state index contributed by atoms with van der Waals surface area (Å²) in [5.41, 5.74) is -1.17. The summed E-state index contributed by atoms with van der Waals surface area (Å²) in [5.74, 6) is -0.0994. The molecule has 1 heterocycles. The minimum Gasteiger partial charge on any atom is -0.480 e. The van der Waals surface area contributed by atoms with Gasteiger partial charge in [0.1, 0.15) is 5.54 Å². The van der Waals surface area contributed by atoms with Crippen molar-refractivity contribution in [3.05, 3.63) is 12.2 Å². The van der Waals surface area contributed by atoms with E-state index in [2.05, 4.69) is 32.2 Å². The quantitative estimate of drug-likeness (QED) is 0.753. The van der Waals surface area contributed by atoms with E-state index < -0.39 is 17.5 Å². The molecule has 116 valence electrons. The molecule has 0 atom stereocenters. The predicted octanol–water partition coefficient (Wildman–Crippen LogP) is 1.29. The summed E-state index contributed by atoms with van der Waals surface area (Å²) < 4.78 is 4.55. The monoisotopic (exact) mass is 296 g/mol. The largest absolute Gasteiger partial charge is 0.480 e. The van der Waals surface area contributed by atoms with E-state index in [1.165, 1.54) is 6.39 Å². The first kappa shape index (κ1) is 15.3. The van der Waals surface area contributed by atoms with E-state index in [-0.39, 0.29) is 6.54 Å². The summed E-state index contributed by atoms with van der Waals surface area (Å²) in [6.07, 6.45) is 4.74. The molecule has 2 rings (SSSR count). The fourth-order valence-corrected chi connectivity index (χ4v) is 2.66. The molecule has 0 spiro atoms. The van der Waals surface area contributed by atoms with Gasteiger partial charge < -0.3 is 20.3 Å². The molecular formula is C13H20N4O4. The lowest BCUT2D eigenvalue weighted by molar-refractivity contribution is -0.146. The molecular weight excluding hydrogens is 276 g/mol. The molecule has 1 aliphatic rings. The van der Waals surface area contributed by atoms with Crippen LogP contribution in [-0.2, 0) is 11.3 Å². The topological polar surface area (TPSA) is 117 Å². The summed E-state index contributed by atoms with van der Waals surface area (Å²) >= 11 is 0. The Labute approximate surface area is 122 Å². The van der Waals surface area contributed by atoms with Gasteiger partial charge in [0.05, 0.1) is 6.54 Å². The SMILES string of the molecule is CCC1CCC(NC(=O)NCc2ncon2)(C(=O)O)CC1. The van der Waals surface area contributed by atoms with Crippen molar-refractivity contribution in [2.75, 3.05) is 0 Å². The third kappa shape index (κ3) is 3.71. The number of carboxylic acid groups (broad SMARTS) is 1. The molecule has 0 unspecified atom stereocenters. The molecule has 2 amide bonds. The number of rotatable bonds is 5. The Morgan fingerprint density at radius 2 is 2.19 bits per heavy atom. The second-order valence-corrected chi connectivity index (χ2v) is 5.39. The zero-order chi connectivity index (χ0) is 15.3. The van der Waals surface area contributed by atoms with Crippen LogP contribution in [-0.4, -0.2) is 32.8 Å². The van der Waals surface area contributed by atoms with Gasteiger partial charge in [-0.3, -0.25) is 0 Å². The Morgan fingerprint density at radius 1 is 1.48 bits per heavy atom. The Balaban J connectivity index is 1.90. The number of carbonyl (C=O) groups is 2. The average molecular weight is 296 g/mol. The van der Waals surface area contributed by atoms with Crippen LogP contribution in [0.25, 0.3) is 0 Å². The van der Waals surface area contributed by atoms with Crippen LogP contribution in [0.3, 0.4) is 0 Å². The summed E-state index contributed by atoms with van der Waals surface area (Å²) in [6.45, 7) is 2.19. The Morgan fingerprint density at radius 3 is 2.71 bits per heavy atom. The average Bonchev–Trinajstić information content (AvgIpc) is 2.99. The van der Waals surface area contributed by atoms with Crippen LogP contribution in [0.15, 0.2) is 10.9 Å². The Kier molecular flexibility index (Phi) is 4.77. The second-order valence-electron chi connectivity index (χ2n) is 5.39. The number of nitrogens with zero attached hydrogens (tertiary/aromatic N) is 2. The smallest absolute Gasteiger partial charge is 0.329 e. The van der Waals surface area contributed by atoms with Crippen LogP contribution < -0.4 is 10.6 Å². The molecule has 0 radical (unpaired) electrons. The van der Waals surface area contributed by atoms with Gasteiger partial charge in [-0.15, -0.1) is 0 Å². The highest BCUT2D eigenvalue weighted by Crippen LogP contribution is 2.33. The molecule has 1 aromatic rings. The Hall–Kier alpha value is -2.12. The van der Waals surface area contributed by atoms with Gasteiger partial charge in [-0.2, -0.15) is 4.98 Å². The van der Waals surface area contributed by atoms with Crippen molar-refractivity contribution >= 4 is 12.0 Å². The van der Waals surface area contributed by atoms with Crippen LogP contribution in [0, 0.1) is 5.92 Å². The van der Waals surface area contributed by atoms with Gasteiger partial charge in [0, 0.05) is 0 Å². The van der Waals surface area contributed by atoms with Crippen LogP contribution in [0.2, 0.25) is 0 Å². The number of nitrogens with one attached hydrogen (secondary N) is 2. The maximum atomic E-state index is 11.9. The summed E-state index contributed by atoms with van der Waals surface area (Å²) in [5, 5.41) is 18.2. The van der Waals surface area contributed by atoms with E-state index in [0.717, 1.165) is 19.3 Å². The van der Waals surface area contributed by atoms with E-state index in [4.69, 9.17) is 0 Å². The van der Waals surface area contributed by atoms with Crippen LogP contribution >= 0.6 is 0 Å². The number of aromatic nitrogens is 2. The normalized spacial score (nSPS) is 25.3. The molecule has 0 aromatic carbocycles. The molecule has 0 bridgehead atoms. The summed E-state index contributed by atoms with van der Waals surface area (Å²) in [7, 11) is 0. The highest BCUT2D eigenvalue weighted by molar-refractivity contribution is 5.86. The first-order valence-electron chi connectivity index (χ1n) is 7.10. The zero-order valence-corrected chi connectivity index (χ0v) is 12.0. The van der Waals surface area contributed by atoms with Crippen molar-refractivity contribution in [3.63, 3.8) is 0 Å². The zero-order valence-electron chi connectivity index (χ0n) is 12.0. The number of aliphatic carboxylic acids is 1. The van der Waals surface area contributed by atoms with Crippen LogP contribution in [0.5, 0.6) is 0 Å². The number of amides is 2. The third-order valence-electron chi connectivity index (χ3n) is 4.11. The molecule has 1 fully saturated rings. The minimum atomic E-state index is -1.17. The number of hydrogen-bond donors (Lipinski definition) is 3. The second kappa shape index (κ2) is 6.55. The molecule has 8 nitrogen and oxygen atoms in total. The molecule has 0 saturated heterocycles. The van der Waals surface area contributed by atoms with E-state index >= 15 is 0 Å². The van der Waals surface area contributed by atoms with Crippen LogP contribution in [0.1, 0.15) is 44.9 Å². The number of hydrogen-bond acceptors (Lipinski definition) is 5. The van der Waals surface area contributed by atoms with Crippen molar-refractivity contribution in [1.82, 2.24) is 20.8 Å². The maximum absolute atomic E-state index is 11.9. The van der Waals surface area contributed by atoms with Crippen molar-refractivity contribution < 1.29 is 19.2 Å². The highest BCUT2D eigenvalue weighted by Gasteiger charge is 2.42. The predicted molar refractivity (Wildman–Crippen MR) is 72.3 cm³/mol. The fraction of sp³-hybridized carbons (Fsp3) is 0.692. The number of carbonyl (C=O) groups excluding carboxylic acids is 1. The van der Waals surface area contributed by atoms with Gasteiger partial charge in [0.15, 0.2) is 5.82 Å². The van der Waals surface area contributed by atoms with Gasteiger partial charge in [0.2, 0.25) is 6.39 Å². The number of urea groups is 1. The van der Waals surface area contributed by atoms with Gasteiger partial charge in [-0.05, 0) is 31.6 Å². The van der Waals surface area contributed by atoms with Crippen molar-refractivity contribution in [1.29, 1.82) is 0 Å². The molecule has 1 aromatic heterocycles. The molecule has 1 saturated carbocycles. The summed E-state index contributed by atoms with van der Waals surface area (Å²) in [4.78, 5) is 27.2. The molecule has 8 heteroatoms. The van der Waals surface area contributed by atoms with Crippen molar-refractivity contribution in [2.24, 2.45) is 5.92 Å². The van der Waals surface area contributed by atoms with Gasteiger partial charge in [0.25, 0.3) is 0 Å². The van der Waals surface area contributed by atoms with Gasteiger partial charge in [-0.25, -0.2) is 9.59 Å². The van der Waals surface area contributed by atoms with Crippen LogP contribution in [0.4, 0.5) is 4.79 Å². The number of carboxylic acids is 1. The lowest BCUT2D eigenvalue weighted by atomic mass is 9.75. The van der Waals surface area contributed by atoms with Crippen molar-refractivity contribution in [2.45, 2.75) is 51.1 Å². The fourth-order valence-electron chi connectivity index (χ4n) is 2.66. The first-order valence-corrected chi connectivity index (χ1v) is 7.10. The standard InChI is InChI=1S/C13H20N4O4/c1-2-9-3-5-13(6-4-9,11(18)19)16-12(20)14-7-10-15-8-21-17-10/h8-9H,2-7H2,1H3,(H,18,19)(H2,14,16,20). The molecule has 3 N–H and O–H groups in total. The van der Waals surface area contributed by atoms with Crippen molar-refractivity contribution in [3.8, 4) is 0 Å². The molecule has 21 heavy (non-hydrogen) atoms. The van der Waals surface area contributed by atoms with E-state index in [1.54, 1.807) is 0 Å². The maximum Gasteiger partial charge on any atom is 0.329 e. The Bertz CT molecular complexity index is 480. The highest BCUT2D eigenvalue weighted by atomic mass is 16.5. The minimum absolute atomic E-state index is 0.0929. The van der Waals surface area contributed by atoms with Gasteiger partial charge >= 0.3 is 12.0 Å². The molecule has 1 aliphatic carbocycles. The van der Waals surface area contributed by atoms with E-state index in [9.17, 15) is 14.7 Å². The van der Waals surface area contributed by atoms with Gasteiger partial charge in [-0.1, -0.05) is 18.5 Å². The van der Waals surface area contributed by atoms with E-state index in [0.29, 0.717) is 24.6 Å². The summed E-state index contributed by atoms with van der Waals surface area (Å²) in [6, 6.07) is -0.530. The lowest BCUT2D eigenvalue weighted by Crippen LogP contribution is -2.58.